The number of aryl methyl sites for hydroxylation is 2. The highest BCUT2D eigenvalue weighted by Gasteiger charge is 2.27. The molecule has 0 N–H and O–H groups in total. The number of hydrogen-bond acceptors (Lipinski definition) is 3. The maximum atomic E-state index is 12.9. The zero-order valence-corrected chi connectivity index (χ0v) is 15.5. The maximum Gasteiger partial charge on any atom is 0.261 e. The molecule has 26 heavy (non-hydrogen) atoms. The Kier molecular flexibility index (Phi) is 3.98. The van der Waals surface area contributed by atoms with Crippen molar-refractivity contribution >= 4 is 23.1 Å². The summed E-state index contributed by atoms with van der Waals surface area (Å²) in [6, 6.07) is 9.89. The van der Waals surface area contributed by atoms with Gasteiger partial charge in [-0.2, -0.15) is 0 Å². The van der Waals surface area contributed by atoms with Crippen LogP contribution in [0, 0.1) is 12.3 Å². The van der Waals surface area contributed by atoms with Crippen LogP contribution in [-0.2, 0) is 13.0 Å². The average Bonchev–Trinajstić information content (AvgIpc) is 2.62. The van der Waals surface area contributed by atoms with Crippen molar-refractivity contribution in [2.75, 3.05) is 0 Å². The Morgan fingerprint density at radius 1 is 1.15 bits per heavy atom. The van der Waals surface area contributed by atoms with E-state index >= 15 is 0 Å². The fraction of sp³-hybridized carbons (Fsp3) is 0.318. The van der Waals surface area contributed by atoms with E-state index in [0.29, 0.717) is 5.39 Å². The van der Waals surface area contributed by atoms with Crippen molar-refractivity contribution < 1.29 is 0 Å². The van der Waals surface area contributed by atoms with Crippen molar-refractivity contribution in [2.45, 2.75) is 40.2 Å². The van der Waals surface area contributed by atoms with Crippen LogP contribution in [0.15, 0.2) is 41.3 Å². The SMILES string of the molecule is Cc1ccc(/C=C/c2ccc3c(=O)n4c(nc3c2)CCC(C)(C)C4)nc1. The first-order valence-corrected chi connectivity index (χ1v) is 9.06. The highest BCUT2D eigenvalue weighted by molar-refractivity contribution is 5.82. The standard InChI is InChI=1S/C22H23N3O/c1-15-4-7-17(23-13-15)8-5-16-6-9-18-19(12-16)24-20-10-11-22(2,3)14-25(20)21(18)26/h4-9,12-13H,10-11,14H2,1-3H3/b8-5+. The van der Waals surface area contributed by atoms with Crippen LogP contribution in [0.5, 0.6) is 0 Å². The van der Waals surface area contributed by atoms with Gasteiger partial charge < -0.3 is 0 Å². The van der Waals surface area contributed by atoms with Crippen molar-refractivity contribution in [3.63, 3.8) is 0 Å². The molecule has 0 aliphatic carbocycles. The Bertz CT molecular complexity index is 1060. The van der Waals surface area contributed by atoms with Gasteiger partial charge in [-0.15, -0.1) is 0 Å². The topological polar surface area (TPSA) is 47.8 Å². The minimum Gasteiger partial charge on any atom is -0.296 e. The van der Waals surface area contributed by atoms with Gasteiger partial charge in [0, 0.05) is 19.2 Å². The molecule has 132 valence electrons. The second-order valence-electron chi connectivity index (χ2n) is 7.95. The normalized spacial score (nSPS) is 16.1. The molecule has 4 rings (SSSR count). The van der Waals surface area contributed by atoms with Gasteiger partial charge in [-0.3, -0.25) is 14.3 Å². The lowest BCUT2D eigenvalue weighted by atomic mass is 9.85. The molecule has 0 unspecified atom stereocenters. The van der Waals surface area contributed by atoms with Gasteiger partial charge in [-0.25, -0.2) is 4.98 Å². The quantitative estimate of drug-likeness (QED) is 0.698. The summed E-state index contributed by atoms with van der Waals surface area (Å²) in [5, 5.41) is 0.692. The molecule has 4 nitrogen and oxygen atoms in total. The van der Waals surface area contributed by atoms with Crippen LogP contribution in [0.1, 0.15) is 42.9 Å². The van der Waals surface area contributed by atoms with E-state index in [9.17, 15) is 4.79 Å². The van der Waals surface area contributed by atoms with Gasteiger partial charge in [-0.1, -0.05) is 32.1 Å². The molecule has 2 aromatic heterocycles. The number of rotatable bonds is 2. The summed E-state index contributed by atoms with van der Waals surface area (Å²) < 4.78 is 1.86. The summed E-state index contributed by atoms with van der Waals surface area (Å²) >= 11 is 0. The van der Waals surface area contributed by atoms with Gasteiger partial charge in [0.05, 0.1) is 16.6 Å². The van der Waals surface area contributed by atoms with E-state index in [1.807, 2.05) is 60.2 Å². The van der Waals surface area contributed by atoms with E-state index in [-0.39, 0.29) is 11.0 Å². The Morgan fingerprint density at radius 2 is 2.00 bits per heavy atom. The van der Waals surface area contributed by atoms with Gasteiger partial charge in [0.25, 0.3) is 5.56 Å². The highest BCUT2D eigenvalue weighted by atomic mass is 16.1. The Balaban J connectivity index is 1.72. The van der Waals surface area contributed by atoms with Crippen molar-refractivity contribution in [3.05, 3.63) is 69.5 Å². The van der Waals surface area contributed by atoms with Gasteiger partial charge in [0.15, 0.2) is 0 Å². The van der Waals surface area contributed by atoms with E-state index in [0.717, 1.165) is 47.5 Å². The molecule has 3 heterocycles. The number of nitrogens with zero attached hydrogens (tertiary/aromatic N) is 3. The van der Waals surface area contributed by atoms with Crippen LogP contribution < -0.4 is 5.56 Å². The molecule has 0 amide bonds. The molecule has 0 spiro atoms. The second-order valence-corrected chi connectivity index (χ2v) is 7.95. The van der Waals surface area contributed by atoms with Crippen LogP contribution in [0.4, 0.5) is 0 Å². The number of pyridine rings is 1. The average molecular weight is 345 g/mol. The summed E-state index contributed by atoms with van der Waals surface area (Å²) in [4.78, 5) is 22.0. The van der Waals surface area contributed by atoms with Gasteiger partial charge in [0.1, 0.15) is 5.82 Å². The predicted octanol–water partition coefficient (Wildman–Crippen LogP) is 4.24. The monoisotopic (exact) mass is 345 g/mol. The maximum absolute atomic E-state index is 12.9. The van der Waals surface area contributed by atoms with Crippen molar-refractivity contribution in [2.24, 2.45) is 5.41 Å². The molecule has 0 saturated heterocycles. The van der Waals surface area contributed by atoms with E-state index in [2.05, 4.69) is 18.8 Å². The van der Waals surface area contributed by atoms with Crippen LogP contribution in [0.25, 0.3) is 23.1 Å². The van der Waals surface area contributed by atoms with Crippen molar-refractivity contribution in [1.29, 1.82) is 0 Å². The summed E-state index contributed by atoms with van der Waals surface area (Å²) in [6.07, 6.45) is 7.76. The molecule has 0 fully saturated rings. The third kappa shape index (κ3) is 3.19. The fourth-order valence-electron chi connectivity index (χ4n) is 3.46. The van der Waals surface area contributed by atoms with E-state index in [1.54, 1.807) is 0 Å². The Hall–Kier alpha value is -2.75. The molecular weight excluding hydrogens is 322 g/mol. The van der Waals surface area contributed by atoms with Crippen LogP contribution in [0.2, 0.25) is 0 Å². The zero-order chi connectivity index (χ0) is 18.3. The number of benzene rings is 1. The smallest absolute Gasteiger partial charge is 0.261 e. The number of fused-ring (bicyclic) bond motifs is 2. The lowest BCUT2D eigenvalue weighted by Crippen LogP contribution is -2.36. The van der Waals surface area contributed by atoms with E-state index in [4.69, 9.17) is 4.98 Å². The lowest BCUT2D eigenvalue weighted by Gasteiger charge is -2.31. The Morgan fingerprint density at radius 3 is 2.77 bits per heavy atom. The molecule has 0 bridgehead atoms. The zero-order valence-electron chi connectivity index (χ0n) is 15.5. The summed E-state index contributed by atoms with van der Waals surface area (Å²) in [5.41, 5.74) is 4.08. The first kappa shape index (κ1) is 16.7. The lowest BCUT2D eigenvalue weighted by molar-refractivity contribution is 0.240. The molecule has 1 aliphatic rings. The van der Waals surface area contributed by atoms with Crippen molar-refractivity contribution in [3.8, 4) is 0 Å². The van der Waals surface area contributed by atoms with Crippen LogP contribution in [0.3, 0.4) is 0 Å². The highest BCUT2D eigenvalue weighted by Crippen LogP contribution is 2.29. The Labute approximate surface area is 153 Å². The first-order chi connectivity index (χ1) is 12.4. The van der Waals surface area contributed by atoms with Gasteiger partial charge in [-0.05, 0) is 54.2 Å². The van der Waals surface area contributed by atoms with Crippen LogP contribution in [-0.4, -0.2) is 14.5 Å². The third-order valence-corrected chi connectivity index (χ3v) is 5.05. The molecule has 1 aliphatic heterocycles. The fourth-order valence-corrected chi connectivity index (χ4v) is 3.46. The molecule has 0 atom stereocenters. The van der Waals surface area contributed by atoms with Gasteiger partial charge >= 0.3 is 0 Å². The van der Waals surface area contributed by atoms with Crippen molar-refractivity contribution in [1.82, 2.24) is 14.5 Å². The summed E-state index contributed by atoms with van der Waals surface area (Å²) in [5.74, 6) is 0.906. The third-order valence-electron chi connectivity index (χ3n) is 5.05. The largest absolute Gasteiger partial charge is 0.296 e. The summed E-state index contributed by atoms with van der Waals surface area (Å²) in [7, 11) is 0. The molecule has 0 radical (unpaired) electrons. The number of aromatic nitrogens is 3. The van der Waals surface area contributed by atoms with E-state index in [1.165, 1.54) is 0 Å². The van der Waals surface area contributed by atoms with Gasteiger partial charge in [0.2, 0.25) is 0 Å². The predicted molar refractivity (Wildman–Crippen MR) is 106 cm³/mol. The second kappa shape index (κ2) is 6.20. The molecule has 4 heteroatoms. The molecule has 3 aromatic rings. The molecular formula is C22H23N3O. The minimum absolute atomic E-state index is 0.0773. The number of hydrogen-bond donors (Lipinski definition) is 0. The summed E-state index contributed by atoms with van der Waals surface area (Å²) in [6.45, 7) is 7.18. The van der Waals surface area contributed by atoms with Crippen LogP contribution >= 0.6 is 0 Å². The van der Waals surface area contributed by atoms with E-state index < -0.39 is 0 Å². The minimum atomic E-state index is 0.0773. The molecule has 0 saturated carbocycles. The molecule has 1 aromatic carbocycles. The first-order valence-electron chi connectivity index (χ1n) is 9.06.